The van der Waals surface area contributed by atoms with Crippen LogP contribution in [-0.2, 0) is 9.53 Å². The van der Waals surface area contributed by atoms with Crippen LogP contribution in [0.25, 0.3) is 32.6 Å². The number of rotatable bonds is 19. The number of nitrogens with zero attached hydrogens (tertiary/aromatic N) is 3. The quantitative estimate of drug-likeness (QED) is 0.0239. The van der Waals surface area contributed by atoms with E-state index in [0.717, 1.165) is 38.7 Å². The molecular formula is C57H60BrClIN6O11-. The van der Waals surface area contributed by atoms with Crippen molar-refractivity contribution in [1.29, 1.82) is 0 Å². The molecule has 0 radical (unpaired) electrons. The molecule has 3 aliphatic heterocycles. The van der Waals surface area contributed by atoms with Crippen LogP contribution in [0.2, 0.25) is 0 Å². The van der Waals surface area contributed by atoms with Gasteiger partial charge in [-0.3, -0.25) is 4.79 Å². The Morgan fingerprint density at radius 1 is 0.792 bits per heavy atom. The molecule has 406 valence electrons. The molecule has 0 bridgehead atoms. The number of anilines is 3. The second kappa shape index (κ2) is 21.8. The number of aromatic amines is 2. The number of aromatic nitrogens is 2. The second-order valence-corrected chi connectivity index (χ2v) is 23.8. The molecule has 10 rings (SSSR count). The van der Waals surface area contributed by atoms with Crippen LogP contribution < -0.4 is 65.0 Å². The van der Waals surface area contributed by atoms with Crippen LogP contribution in [0.4, 0.5) is 17.1 Å². The number of carbonyl (C=O) groups excluding carboxylic acids is 4. The Hall–Kier alpha value is -6.42. The van der Waals surface area contributed by atoms with Gasteiger partial charge in [0, 0.05) is 23.3 Å². The standard InChI is InChI=1S/C57H60BrClIN6O11/c1-29(2)76-43-22-41-46(37-13-11-10-12-36(37)43)34(25-59)27-66(41)54(68)39-19-31-18-35(14-15-38(31)61-39)74-17-16-64(6)60-28-75-51-45(71-7)21-32-20-40(62-49(32)52(51)72-8)55(69)65-26-33(24-58)47-42(65)23-44(77-30(3)4)50-48(47)53(67)57(5,63-50)56(70)73-9/h10-15,18-23,29-30,33-34,61-63H,16-17,24-28H2,1-9H3/q-1/t33-,34-,57-/m1/s1. The van der Waals surface area contributed by atoms with Crippen molar-refractivity contribution in [2.45, 2.75) is 64.2 Å². The Balaban J connectivity index is 0.798. The minimum atomic E-state index is -1.67. The van der Waals surface area contributed by atoms with E-state index in [1.54, 1.807) is 30.2 Å². The zero-order chi connectivity index (χ0) is 54.6. The Morgan fingerprint density at radius 2 is 1.45 bits per heavy atom. The average molecular weight is 1250 g/mol. The Kier molecular flexibility index (Phi) is 15.3. The number of methoxy groups -OCH3 is 3. The molecule has 3 atom stereocenters. The maximum absolute atomic E-state index is 14.7. The van der Waals surface area contributed by atoms with Crippen molar-refractivity contribution in [2.24, 2.45) is 0 Å². The van der Waals surface area contributed by atoms with Gasteiger partial charge in [-0.1, -0.05) is 40.2 Å². The van der Waals surface area contributed by atoms with E-state index in [2.05, 4.69) is 46.5 Å². The van der Waals surface area contributed by atoms with E-state index >= 15 is 0 Å². The first-order valence-corrected chi connectivity index (χ1v) is 29.4. The molecule has 0 saturated carbocycles. The molecule has 0 fully saturated rings. The Bertz CT molecular complexity index is 3490. The summed E-state index contributed by atoms with van der Waals surface area (Å²) in [6.07, 6.45) is -0.316. The summed E-state index contributed by atoms with van der Waals surface area (Å²) in [5.41, 5.74) is 4.19. The van der Waals surface area contributed by atoms with Gasteiger partial charge in [-0.05, 0) is 45.6 Å². The van der Waals surface area contributed by atoms with Crippen LogP contribution in [0, 0.1) is 0 Å². The maximum atomic E-state index is 14.7. The molecular weight excluding hydrogens is 1190 g/mol. The van der Waals surface area contributed by atoms with E-state index in [1.807, 2.05) is 82.1 Å². The first-order chi connectivity index (χ1) is 37.0. The molecule has 77 heavy (non-hydrogen) atoms. The zero-order valence-electron chi connectivity index (χ0n) is 44.2. The number of halogens is 3. The Labute approximate surface area is 469 Å². The van der Waals surface area contributed by atoms with Crippen LogP contribution >= 0.6 is 27.5 Å². The van der Waals surface area contributed by atoms with E-state index in [9.17, 15) is 19.2 Å². The summed E-state index contributed by atoms with van der Waals surface area (Å²) in [5.74, 6) is 1.39. The number of fused-ring (bicyclic) bond motifs is 8. The number of Topliss-reactive ketones (excluding diaryl/α,β-unsaturated/α-hetero) is 1. The zero-order valence-corrected chi connectivity index (χ0v) is 48.7. The fourth-order valence-electron chi connectivity index (χ4n) is 10.6. The van der Waals surface area contributed by atoms with Gasteiger partial charge in [0.2, 0.25) is 5.78 Å². The number of benzene rings is 5. The molecule has 3 N–H and O–H groups in total. The van der Waals surface area contributed by atoms with Gasteiger partial charge < -0.3 is 19.5 Å². The fraction of sp³-hybridized carbons (Fsp3) is 0.368. The van der Waals surface area contributed by atoms with Crippen LogP contribution in [0.1, 0.15) is 88.9 Å². The van der Waals surface area contributed by atoms with E-state index in [-0.39, 0.29) is 48.1 Å². The van der Waals surface area contributed by atoms with Gasteiger partial charge in [-0.2, -0.15) is 0 Å². The molecule has 5 aromatic carbocycles. The van der Waals surface area contributed by atoms with Gasteiger partial charge in [0.25, 0.3) is 0 Å². The predicted molar refractivity (Wildman–Crippen MR) is 297 cm³/mol. The van der Waals surface area contributed by atoms with Crippen LogP contribution in [0.15, 0.2) is 72.8 Å². The summed E-state index contributed by atoms with van der Waals surface area (Å²) in [6, 6.07) is 23.0. The molecule has 5 heterocycles. The summed E-state index contributed by atoms with van der Waals surface area (Å²) < 4.78 is 44.5. The van der Waals surface area contributed by atoms with Gasteiger partial charge in [0.1, 0.15) is 5.75 Å². The van der Waals surface area contributed by atoms with E-state index in [0.29, 0.717) is 103 Å². The number of amides is 2. The van der Waals surface area contributed by atoms with Gasteiger partial charge in [-0.25, -0.2) is 4.79 Å². The van der Waals surface area contributed by atoms with Crippen LogP contribution in [-0.4, -0.2) is 125 Å². The first-order valence-electron chi connectivity index (χ1n) is 25.3. The van der Waals surface area contributed by atoms with Gasteiger partial charge >= 0.3 is 281 Å². The molecule has 0 spiro atoms. The first kappa shape index (κ1) is 54.0. The topological polar surface area (TPSA) is 186 Å². The second-order valence-electron chi connectivity index (χ2n) is 19.9. The summed E-state index contributed by atoms with van der Waals surface area (Å²) in [7, 11) is 6.35. The van der Waals surface area contributed by atoms with E-state index in [4.69, 9.17) is 44.8 Å². The van der Waals surface area contributed by atoms with E-state index in [1.165, 1.54) is 21.1 Å². The molecule has 20 heteroatoms. The summed E-state index contributed by atoms with van der Waals surface area (Å²) in [5, 5.41) is 7.12. The SMILES string of the molecule is COC(=O)[C@]1(C)Nc2c(OC(C)C)cc3c(c2C1=O)[C@H](CBr)CN3C(=O)c1cc2cc(OC)c(OC[I-]N(C)CCOc3ccc4[nH]c(C(=O)N5C[C@@H](CCl)c6c5cc(OC(C)C)c5ccccc65)cc4c3)c(OC)c2[nH]1. The summed E-state index contributed by atoms with van der Waals surface area (Å²) in [6.45, 7) is 11.0. The average Bonchev–Trinajstić information content (AvgIpc) is 4.28. The number of esters is 1. The third-order valence-electron chi connectivity index (χ3n) is 14.2. The monoisotopic (exact) mass is 1250 g/mol. The van der Waals surface area contributed by atoms with Gasteiger partial charge in [0.15, 0.2) is 5.54 Å². The van der Waals surface area contributed by atoms with Crippen molar-refractivity contribution in [3.05, 3.63) is 101 Å². The van der Waals surface area contributed by atoms with Crippen molar-refractivity contribution >= 4 is 101 Å². The number of carbonyl (C=O) groups is 4. The van der Waals surface area contributed by atoms with Crippen molar-refractivity contribution in [3.8, 4) is 34.5 Å². The minimum absolute atomic E-state index is 0.0287. The number of hydrogen-bond acceptors (Lipinski definition) is 13. The third kappa shape index (κ3) is 9.74. The number of nitrogens with one attached hydrogen (secondary N) is 3. The molecule has 2 amide bonds. The van der Waals surface area contributed by atoms with E-state index < -0.39 is 38.8 Å². The number of ketones is 1. The van der Waals surface area contributed by atoms with Crippen LogP contribution in [0.3, 0.4) is 0 Å². The third-order valence-corrected chi connectivity index (χ3v) is 17.6. The number of alkyl halides is 3. The van der Waals surface area contributed by atoms with Crippen LogP contribution in [0.5, 0.6) is 34.5 Å². The molecule has 17 nitrogen and oxygen atoms in total. The predicted octanol–water partition coefficient (Wildman–Crippen LogP) is 7.41. The number of hydrogen-bond donors (Lipinski definition) is 3. The number of ether oxygens (including phenoxy) is 7. The molecule has 7 aromatic rings. The summed E-state index contributed by atoms with van der Waals surface area (Å²) in [4.78, 5) is 66.2. The van der Waals surface area contributed by atoms with Crippen molar-refractivity contribution in [2.75, 3.05) is 85.6 Å². The Morgan fingerprint density at radius 3 is 2.13 bits per heavy atom. The normalized spacial score (nSPS) is 17.7. The van der Waals surface area contributed by atoms with Crippen molar-refractivity contribution in [1.82, 2.24) is 13.1 Å². The molecule has 0 saturated heterocycles. The number of likely N-dealkylation sites (N-methyl/N-ethyl adjacent to an activating group) is 1. The molecule has 2 aromatic heterocycles. The number of H-pyrrole nitrogens is 2. The summed E-state index contributed by atoms with van der Waals surface area (Å²) >= 11 is 9.52. The molecule has 0 aliphatic carbocycles. The fourth-order valence-corrected chi connectivity index (χ4v) is 12.9. The van der Waals surface area contributed by atoms with Crippen molar-refractivity contribution in [3.63, 3.8) is 0 Å². The molecule has 0 unspecified atom stereocenters. The van der Waals surface area contributed by atoms with Gasteiger partial charge in [0.05, 0.1) is 25.0 Å². The van der Waals surface area contributed by atoms with Gasteiger partial charge in [-0.15, -0.1) is 11.6 Å². The van der Waals surface area contributed by atoms with Crippen molar-refractivity contribution < 1.29 is 73.8 Å². The molecule has 3 aliphatic rings.